The third kappa shape index (κ3) is 2.59. The van der Waals surface area contributed by atoms with E-state index in [0.717, 1.165) is 25.1 Å². The predicted octanol–water partition coefficient (Wildman–Crippen LogP) is 0.653. The summed E-state index contributed by atoms with van der Waals surface area (Å²) in [5.74, 6) is 0.0993. The van der Waals surface area contributed by atoms with Crippen molar-refractivity contribution in [2.45, 2.75) is 19.3 Å². The van der Waals surface area contributed by atoms with Gasteiger partial charge in [-0.15, -0.1) is 0 Å². The lowest BCUT2D eigenvalue weighted by Crippen LogP contribution is -2.20. The topological polar surface area (TPSA) is 61.4 Å². The third-order valence-corrected chi connectivity index (χ3v) is 2.77. The molecule has 0 fully saturated rings. The molecular weight excluding hydrogens is 204 g/mol. The molecule has 0 radical (unpaired) electrons. The first-order valence-corrected chi connectivity index (χ1v) is 5.53. The fourth-order valence-electron chi connectivity index (χ4n) is 1.90. The Balaban J connectivity index is 2.04. The van der Waals surface area contributed by atoms with Crippen molar-refractivity contribution in [1.29, 1.82) is 0 Å². The molecule has 16 heavy (non-hydrogen) atoms. The van der Waals surface area contributed by atoms with Crippen molar-refractivity contribution in [2.75, 3.05) is 18.6 Å². The zero-order chi connectivity index (χ0) is 11.4. The Morgan fingerprint density at radius 2 is 2.25 bits per heavy atom. The van der Waals surface area contributed by atoms with Crippen LogP contribution in [0.2, 0.25) is 0 Å². The Labute approximate surface area is 94.7 Å². The highest BCUT2D eigenvalue weighted by Crippen LogP contribution is 2.23. The second-order valence-corrected chi connectivity index (χ2v) is 3.95. The molecule has 86 valence electrons. The summed E-state index contributed by atoms with van der Waals surface area (Å²) in [6.45, 7) is 0.780. The van der Waals surface area contributed by atoms with Crippen LogP contribution in [0.1, 0.15) is 17.5 Å². The molecule has 1 aliphatic rings. The van der Waals surface area contributed by atoms with Gasteiger partial charge < -0.3 is 10.4 Å². The Bertz CT molecular complexity index is 391. The average molecular weight is 220 g/mol. The smallest absolute Gasteiger partial charge is 0.224 e. The predicted molar refractivity (Wildman–Crippen MR) is 62.2 cm³/mol. The van der Waals surface area contributed by atoms with E-state index in [-0.39, 0.29) is 12.6 Å². The van der Waals surface area contributed by atoms with Gasteiger partial charge in [-0.2, -0.15) is 0 Å². The van der Waals surface area contributed by atoms with Crippen LogP contribution < -0.4 is 10.6 Å². The van der Waals surface area contributed by atoms with Gasteiger partial charge in [0.2, 0.25) is 5.91 Å². The number of aliphatic hydroxyl groups excluding tert-OH is 1. The van der Waals surface area contributed by atoms with Gasteiger partial charge in [0.25, 0.3) is 0 Å². The fraction of sp³-hybridized carbons (Fsp3) is 0.417. The molecule has 1 amide bonds. The Kier molecular flexibility index (Phi) is 3.54. The minimum Gasteiger partial charge on any atom is -0.381 e. The first kappa shape index (κ1) is 11.1. The Morgan fingerprint density at radius 3 is 3.06 bits per heavy atom. The van der Waals surface area contributed by atoms with Crippen molar-refractivity contribution in [3.05, 3.63) is 29.3 Å². The molecule has 1 aromatic rings. The molecule has 0 aliphatic carbocycles. The zero-order valence-electron chi connectivity index (χ0n) is 9.12. The van der Waals surface area contributed by atoms with E-state index in [2.05, 4.69) is 16.7 Å². The molecule has 0 atom stereocenters. The highest BCUT2D eigenvalue weighted by atomic mass is 16.3. The van der Waals surface area contributed by atoms with Gasteiger partial charge >= 0.3 is 0 Å². The number of nitrogens with one attached hydrogen (secondary N) is 2. The largest absolute Gasteiger partial charge is 0.381 e. The van der Waals surface area contributed by atoms with E-state index in [1.807, 2.05) is 12.1 Å². The molecule has 0 bridgehead atoms. The van der Waals surface area contributed by atoms with Crippen LogP contribution in [0.15, 0.2) is 18.2 Å². The van der Waals surface area contributed by atoms with Crippen LogP contribution in [0.25, 0.3) is 0 Å². The van der Waals surface area contributed by atoms with Crippen LogP contribution >= 0.6 is 0 Å². The number of anilines is 1. The summed E-state index contributed by atoms with van der Waals surface area (Å²) in [5.41, 5.74) is 3.38. The van der Waals surface area contributed by atoms with Crippen LogP contribution in [0.5, 0.6) is 0 Å². The van der Waals surface area contributed by atoms with E-state index >= 15 is 0 Å². The summed E-state index contributed by atoms with van der Waals surface area (Å²) in [5, 5.41) is 14.3. The molecular formula is C12H16N2O2. The average Bonchev–Trinajstić information content (AvgIpc) is 2.29. The summed E-state index contributed by atoms with van der Waals surface area (Å²) >= 11 is 0. The number of fused-ring (bicyclic) bond motifs is 1. The number of benzene rings is 1. The monoisotopic (exact) mass is 220 g/mol. The molecule has 4 nitrogen and oxygen atoms in total. The SMILES string of the molecule is O=C1CCc2cc(CCNCO)ccc2N1. The van der Waals surface area contributed by atoms with Gasteiger partial charge in [-0.3, -0.25) is 10.1 Å². The fourth-order valence-corrected chi connectivity index (χ4v) is 1.90. The molecule has 0 aromatic heterocycles. The van der Waals surface area contributed by atoms with E-state index in [1.165, 1.54) is 11.1 Å². The van der Waals surface area contributed by atoms with E-state index < -0.39 is 0 Å². The van der Waals surface area contributed by atoms with Gasteiger partial charge in [0.1, 0.15) is 0 Å². The van der Waals surface area contributed by atoms with Crippen molar-refractivity contribution < 1.29 is 9.90 Å². The van der Waals surface area contributed by atoms with Crippen LogP contribution in [0.4, 0.5) is 5.69 Å². The van der Waals surface area contributed by atoms with Gasteiger partial charge in [-0.05, 0) is 30.0 Å². The lowest BCUT2D eigenvalue weighted by molar-refractivity contribution is -0.116. The van der Waals surface area contributed by atoms with E-state index in [9.17, 15) is 4.79 Å². The van der Waals surface area contributed by atoms with Crippen LogP contribution in [0, 0.1) is 0 Å². The lowest BCUT2D eigenvalue weighted by Gasteiger charge is -2.17. The number of aliphatic hydroxyl groups is 1. The minimum absolute atomic E-state index is 0.0149. The van der Waals surface area contributed by atoms with Gasteiger partial charge in [0, 0.05) is 18.7 Å². The van der Waals surface area contributed by atoms with E-state index in [0.29, 0.717) is 6.42 Å². The molecule has 2 rings (SSSR count). The quantitative estimate of drug-likeness (QED) is 0.516. The van der Waals surface area contributed by atoms with E-state index in [4.69, 9.17) is 5.11 Å². The van der Waals surface area contributed by atoms with Crippen LogP contribution in [0.3, 0.4) is 0 Å². The first-order valence-electron chi connectivity index (χ1n) is 5.53. The molecule has 1 aromatic carbocycles. The maximum absolute atomic E-state index is 11.2. The van der Waals surface area contributed by atoms with Crippen molar-refractivity contribution in [2.24, 2.45) is 0 Å². The van der Waals surface area contributed by atoms with Crippen LogP contribution in [-0.4, -0.2) is 24.3 Å². The summed E-state index contributed by atoms with van der Waals surface area (Å²) in [6, 6.07) is 6.11. The highest BCUT2D eigenvalue weighted by molar-refractivity contribution is 5.93. The lowest BCUT2D eigenvalue weighted by atomic mass is 9.99. The maximum atomic E-state index is 11.2. The minimum atomic E-state index is 0.0149. The highest BCUT2D eigenvalue weighted by Gasteiger charge is 2.14. The first-order chi connectivity index (χ1) is 7.79. The molecule has 0 unspecified atom stereocenters. The number of rotatable bonds is 4. The van der Waals surface area contributed by atoms with E-state index in [1.54, 1.807) is 0 Å². The molecule has 3 N–H and O–H groups in total. The number of carbonyl (C=O) groups is 1. The number of hydrogen-bond donors (Lipinski definition) is 3. The van der Waals surface area contributed by atoms with Crippen molar-refractivity contribution in [3.63, 3.8) is 0 Å². The molecule has 0 saturated heterocycles. The summed E-state index contributed by atoms with van der Waals surface area (Å²) in [6.07, 6.45) is 2.29. The third-order valence-electron chi connectivity index (χ3n) is 2.77. The number of carbonyl (C=O) groups excluding carboxylic acids is 1. The molecule has 0 spiro atoms. The van der Waals surface area contributed by atoms with Crippen molar-refractivity contribution in [3.8, 4) is 0 Å². The number of aryl methyl sites for hydroxylation is 1. The van der Waals surface area contributed by atoms with Crippen molar-refractivity contribution >= 4 is 11.6 Å². The second kappa shape index (κ2) is 5.09. The van der Waals surface area contributed by atoms with Crippen LogP contribution in [-0.2, 0) is 17.6 Å². The van der Waals surface area contributed by atoms with Gasteiger partial charge in [-0.25, -0.2) is 0 Å². The molecule has 1 heterocycles. The van der Waals surface area contributed by atoms with Gasteiger partial charge in [0.05, 0.1) is 6.73 Å². The summed E-state index contributed by atoms with van der Waals surface area (Å²) in [4.78, 5) is 11.2. The molecule has 4 heteroatoms. The maximum Gasteiger partial charge on any atom is 0.224 e. The number of amides is 1. The standard InChI is InChI=1S/C12H16N2O2/c15-8-13-6-5-9-1-3-11-10(7-9)2-4-12(16)14-11/h1,3,7,13,15H,2,4-6,8H2,(H,14,16). The number of hydrogen-bond acceptors (Lipinski definition) is 3. The van der Waals surface area contributed by atoms with Gasteiger partial charge in [-0.1, -0.05) is 12.1 Å². The summed E-state index contributed by atoms with van der Waals surface area (Å²) < 4.78 is 0. The Morgan fingerprint density at radius 1 is 1.38 bits per heavy atom. The van der Waals surface area contributed by atoms with Crippen molar-refractivity contribution in [1.82, 2.24) is 5.32 Å². The van der Waals surface area contributed by atoms with Gasteiger partial charge in [0.15, 0.2) is 0 Å². The summed E-state index contributed by atoms with van der Waals surface area (Å²) in [7, 11) is 0. The normalized spacial score (nSPS) is 14.4. The Hall–Kier alpha value is -1.39. The molecule has 0 saturated carbocycles. The second-order valence-electron chi connectivity index (χ2n) is 3.95. The molecule has 1 aliphatic heterocycles. The zero-order valence-corrected chi connectivity index (χ0v) is 9.12.